The van der Waals surface area contributed by atoms with Gasteiger partial charge in [-0.05, 0) is 48.2 Å². The third kappa shape index (κ3) is 3.51. The molecule has 0 aromatic heterocycles. The van der Waals surface area contributed by atoms with Crippen LogP contribution in [0, 0.1) is 12.8 Å². The smallest absolute Gasteiger partial charge is 0.243 e. The van der Waals surface area contributed by atoms with Gasteiger partial charge in [-0.15, -0.1) is 0 Å². The summed E-state index contributed by atoms with van der Waals surface area (Å²) in [5, 5.41) is 0.611. The van der Waals surface area contributed by atoms with Crippen molar-refractivity contribution >= 4 is 33.0 Å². The SMILES string of the molecule is Cc1ccc(S(=O)(=O)N2CC3=C(C(=O)c4ccccc4)c4cccc(Cl)c4CC3C2)cc1. The predicted molar refractivity (Wildman–Crippen MR) is 126 cm³/mol. The Hall–Kier alpha value is -2.73. The number of ketones is 1. The number of carbonyl (C=O) groups excluding carboxylic acids is 1. The molecule has 1 fully saturated rings. The molecule has 0 radical (unpaired) electrons. The Balaban J connectivity index is 1.62. The number of fused-ring (bicyclic) bond motifs is 2. The Bertz CT molecular complexity index is 1350. The summed E-state index contributed by atoms with van der Waals surface area (Å²) in [5.74, 6) is -0.173. The van der Waals surface area contributed by atoms with Gasteiger partial charge in [-0.25, -0.2) is 8.42 Å². The van der Waals surface area contributed by atoms with E-state index in [1.54, 1.807) is 36.4 Å². The highest BCUT2D eigenvalue weighted by Crippen LogP contribution is 2.44. The summed E-state index contributed by atoms with van der Waals surface area (Å²) in [5.41, 5.74) is 4.78. The third-order valence-corrected chi connectivity index (χ3v) is 8.53. The highest BCUT2D eigenvalue weighted by Gasteiger charge is 2.41. The zero-order valence-electron chi connectivity index (χ0n) is 17.6. The minimum Gasteiger partial charge on any atom is -0.289 e. The van der Waals surface area contributed by atoms with E-state index in [4.69, 9.17) is 11.6 Å². The molecule has 4 nitrogen and oxygen atoms in total. The summed E-state index contributed by atoms with van der Waals surface area (Å²) in [6.07, 6.45) is 0.621. The molecule has 1 saturated heterocycles. The van der Waals surface area contributed by atoms with Crippen molar-refractivity contribution in [1.82, 2.24) is 4.31 Å². The Morgan fingerprint density at radius 2 is 1.69 bits per heavy atom. The number of allylic oxidation sites excluding steroid dienone is 1. The van der Waals surface area contributed by atoms with Gasteiger partial charge in [0.25, 0.3) is 0 Å². The second kappa shape index (κ2) is 8.00. The fourth-order valence-electron chi connectivity index (χ4n) is 4.67. The van der Waals surface area contributed by atoms with Crippen molar-refractivity contribution in [1.29, 1.82) is 0 Å². The van der Waals surface area contributed by atoms with Crippen LogP contribution < -0.4 is 0 Å². The second-order valence-electron chi connectivity index (χ2n) is 8.37. The average Bonchev–Trinajstić information content (AvgIpc) is 3.23. The number of aryl methyl sites for hydroxylation is 1. The lowest BCUT2D eigenvalue weighted by Gasteiger charge is -2.25. The highest BCUT2D eigenvalue weighted by molar-refractivity contribution is 7.89. The second-order valence-corrected chi connectivity index (χ2v) is 10.7. The molecule has 1 aliphatic heterocycles. The van der Waals surface area contributed by atoms with Crippen molar-refractivity contribution in [2.24, 2.45) is 5.92 Å². The van der Waals surface area contributed by atoms with Crippen molar-refractivity contribution in [3.05, 3.63) is 106 Å². The van der Waals surface area contributed by atoms with Crippen molar-refractivity contribution in [3.8, 4) is 0 Å². The molecule has 0 bridgehead atoms. The van der Waals surface area contributed by atoms with Gasteiger partial charge in [0.15, 0.2) is 5.78 Å². The van der Waals surface area contributed by atoms with Gasteiger partial charge in [-0.3, -0.25) is 4.79 Å². The summed E-state index contributed by atoms with van der Waals surface area (Å²) in [6, 6.07) is 21.6. The molecule has 0 N–H and O–H groups in total. The molecule has 0 amide bonds. The van der Waals surface area contributed by atoms with Crippen LogP contribution in [0.4, 0.5) is 0 Å². The van der Waals surface area contributed by atoms with Gasteiger partial charge < -0.3 is 0 Å². The number of Topliss-reactive ketones (excluding diaryl/α,β-unsaturated/α-hetero) is 1. The molecular formula is C26H22ClNO3S. The van der Waals surface area contributed by atoms with Crippen LogP contribution >= 0.6 is 11.6 Å². The van der Waals surface area contributed by atoms with Crippen LogP contribution in [0.25, 0.3) is 5.57 Å². The first-order chi connectivity index (χ1) is 15.4. The standard InChI is InChI=1S/C26H22ClNO3S/c1-17-10-12-20(13-11-17)32(30,31)28-15-19-14-22-21(8-5-9-24(22)27)25(23(19)16-28)26(29)18-6-3-2-4-7-18/h2-13,19H,14-16H2,1H3. The van der Waals surface area contributed by atoms with Gasteiger partial charge in [0.05, 0.1) is 4.90 Å². The van der Waals surface area contributed by atoms with Crippen molar-refractivity contribution in [2.45, 2.75) is 18.2 Å². The number of halogens is 1. The van der Waals surface area contributed by atoms with E-state index in [0.717, 1.165) is 22.3 Å². The molecule has 1 atom stereocenters. The van der Waals surface area contributed by atoms with Crippen LogP contribution in [0.1, 0.15) is 27.0 Å². The minimum atomic E-state index is -3.67. The fourth-order valence-corrected chi connectivity index (χ4v) is 6.39. The summed E-state index contributed by atoms with van der Waals surface area (Å²) >= 11 is 6.52. The van der Waals surface area contributed by atoms with Gasteiger partial charge in [-0.1, -0.05) is 71.8 Å². The Labute approximate surface area is 193 Å². The maximum atomic E-state index is 13.6. The van der Waals surface area contributed by atoms with Crippen LogP contribution in [-0.4, -0.2) is 31.6 Å². The van der Waals surface area contributed by atoms with E-state index in [1.165, 1.54) is 4.31 Å². The lowest BCUT2D eigenvalue weighted by molar-refractivity contribution is 0.105. The molecule has 6 heteroatoms. The maximum Gasteiger partial charge on any atom is 0.243 e. The van der Waals surface area contributed by atoms with Gasteiger partial charge in [-0.2, -0.15) is 4.31 Å². The molecule has 1 unspecified atom stereocenters. The summed E-state index contributed by atoms with van der Waals surface area (Å²) < 4.78 is 28.2. The van der Waals surface area contributed by atoms with E-state index in [0.29, 0.717) is 29.1 Å². The molecule has 3 aromatic rings. The number of hydrogen-bond acceptors (Lipinski definition) is 3. The van der Waals surface area contributed by atoms with E-state index >= 15 is 0 Å². The lowest BCUT2D eigenvalue weighted by atomic mass is 9.77. The lowest BCUT2D eigenvalue weighted by Crippen LogP contribution is -2.29. The molecule has 162 valence electrons. The number of carbonyl (C=O) groups is 1. The molecule has 1 aliphatic carbocycles. The number of benzene rings is 3. The molecule has 0 saturated carbocycles. The van der Waals surface area contributed by atoms with Crippen LogP contribution in [-0.2, 0) is 16.4 Å². The molecule has 5 rings (SSSR count). The number of rotatable bonds is 4. The Morgan fingerprint density at radius 1 is 0.969 bits per heavy atom. The van der Waals surface area contributed by atoms with E-state index in [-0.39, 0.29) is 23.1 Å². The van der Waals surface area contributed by atoms with Crippen molar-refractivity contribution < 1.29 is 13.2 Å². The zero-order valence-corrected chi connectivity index (χ0v) is 19.2. The molecule has 32 heavy (non-hydrogen) atoms. The normalized spacial score (nSPS) is 18.4. The van der Waals surface area contributed by atoms with E-state index in [9.17, 15) is 13.2 Å². The van der Waals surface area contributed by atoms with Gasteiger partial charge in [0.2, 0.25) is 10.0 Å². The molecule has 1 heterocycles. The number of nitrogens with zero attached hydrogens (tertiary/aromatic N) is 1. The quantitative estimate of drug-likeness (QED) is 0.502. The van der Waals surface area contributed by atoms with Gasteiger partial charge >= 0.3 is 0 Å². The van der Waals surface area contributed by atoms with E-state index in [2.05, 4.69) is 0 Å². The fraction of sp³-hybridized carbons (Fsp3) is 0.192. The van der Waals surface area contributed by atoms with Crippen LogP contribution in [0.2, 0.25) is 5.02 Å². The molecular weight excluding hydrogens is 442 g/mol. The average molecular weight is 464 g/mol. The molecule has 0 spiro atoms. The van der Waals surface area contributed by atoms with Crippen LogP contribution in [0.15, 0.2) is 83.3 Å². The predicted octanol–water partition coefficient (Wildman–Crippen LogP) is 5.16. The Kier molecular flexibility index (Phi) is 5.28. The first kappa shape index (κ1) is 21.1. The topological polar surface area (TPSA) is 54.5 Å². The summed E-state index contributed by atoms with van der Waals surface area (Å²) in [7, 11) is -3.67. The zero-order chi connectivity index (χ0) is 22.5. The van der Waals surface area contributed by atoms with Crippen molar-refractivity contribution in [3.63, 3.8) is 0 Å². The Morgan fingerprint density at radius 3 is 2.41 bits per heavy atom. The third-order valence-electron chi connectivity index (χ3n) is 6.35. The first-order valence-corrected chi connectivity index (χ1v) is 12.4. The molecule has 3 aromatic carbocycles. The molecule has 2 aliphatic rings. The maximum absolute atomic E-state index is 13.6. The van der Waals surface area contributed by atoms with Gasteiger partial charge in [0, 0.05) is 35.2 Å². The summed E-state index contributed by atoms with van der Waals surface area (Å²) in [6.45, 7) is 2.47. The minimum absolute atomic E-state index is 0.0784. The van der Waals surface area contributed by atoms with E-state index in [1.807, 2.05) is 43.3 Å². The highest BCUT2D eigenvalue weighted by atomic mass is 35.5. The van der Waals surface area contributed by atoms with Crippen LogP contribution in [0.5, 0.6) is 0 Å². The summed E-state index contributed by atoms with van der Waals surface area (Å²) in [4.78, 5) is 13.9. The van der Waals surface area contributed by atoms with Gasteiger partial charge in [0.1, 0.15) is 0 Å². The first-order valence-electron chi connectivity index (χ1n) is 10.5. The van der Waals surface area contributed by atoms with E-state index < -0.39 is 10.0 Å². The number of sulfonamides is 1. The van der Waals surface area contributed by atoms with Crippen LogP contribution in [0.3, 0.4) is 0 Å². The monoisotopic (exact) mass is 463 g/mol. The van der Waals surface area contributed by atoms with Crippen molar-refractivity contribution in [2.75, 3.05) is 13.1 Å². The largest absolute Gasteiger partial charge is 0.289 e. The number of hydrogen-bond donors (Lipinski definition) is 0.